The van der Waals surface area contributed by atoms with E-state index in [1.807, 2.05) is 17.5 Å². The van der Waals surface area contributed by atoms with Gasteiger partial charge in [-0.3, -0.25) is 14.5 Å². The Labute approximate surface area is 193 Å². The van der Waals surface area contributed by atoms with E-state index in [0.717, 1.165) is 21.1 Å². The number of thiophene rings is 1. The Morgan fingerprint density at radius 3 is 2.94 bits per heavy atom. The number of ether oxygens (including phenoxy) is 1. The van der Waals surface area contributed by atoms with Gasteiger partial charge in [0.15, 0.2) is 0 Å². The molecule has 0 bridgehead atoms. The Bertz CT molecular complexity index is 1160. The summed E-state index contributed by atoms with van der Waals surface area (Å²) >= 11 is 1.51. The molecular formula is C22H23N5O5S. The van der Waals surface area contributed by atoms with Gasteiger partial charge in [-0.25, -0.2) is 9.59 Å². The Kier molecular flexibility index (Phi) is 5.20. The van der Waals surface area contributed by atoms with Crippen LogP contribution in [0.15, 0.2) is 29.6 Å². The van der Waals surface area contributed by atoms with Gasteiger partial charge in [0.2, 0.25) is 5.91 Å². The van der Waals surface area contributed by atoms with E-state index in [9.17, 15) is 19.2 Å². The average molecular weight is 470 g/mol. The number of imide groups is 1. The van der Waals surface area contributed by atoms with Gasteiger partial charge in [0.05, 0.1) is 18.0 Å². The number of carbonyl (C=O) groups excluding carboxylic acids is 4. The van der Waals surface area contributed by atoms with Crippen molar-refractivity contribution in [2.45, 2.75) is 24.9 Å². The number of hydrogen-bond donors (Lipinski definition) is 3. The normalized spacial score (nSPS) is 21.2. The SMILES string of the molecule is CNC(=O)Nc1ccc2c(c1)CCC21NC(=O)N(CC(=O)N2CCOc3ccsc3C2)C1=O. The van der Waals surface area contributed by atoms with Crippen LogP contribution < -0.4 is 20.7 Å². The van der Waals surface area contributed by atoms with Crippen molar-refractivity contribution in [1.82, 2.24) is 20.4 Å². The van der Waals surface area contributed by atoms with E-state index >= 15 is 0 Å². The van der Waals surface area contributed by atoms with Crippen LogP contribution in [0, 0.1) is 0 Å². The minimum atomic E-state index is -1.18. The molecule has 6 amide bonds. The molecule has 2 aromatic rings. The van der Waals surface area contributed by atoms with Gasteiger partial charge >= 0.3 is 12.1 Å². The zero-order valence-corrected chi connectivity index (χ0v) is 18.8. The van der Waals surface area contributed by atoms with Crippen molar-refractivity contribution < 1.29 is 23.9 Å². The maximum atomic E-state index is 13.4. The Morgan fingerprint density at radius 1 is 1.27 bits per heavy atom. The predicted octanol–water partition coefficient (Wildman–Crippen LogP) is 1.61. The van der Waals surface area contributed by atoms with E-state index in [-0.39, 0.29) is 18.5 Å². The highest BCUT2D eigenvalue weighted by Gasteiger charge is 2.55. The second-order valence-corrected chi connectivity index (χ2v) is 9.18. The number of carbonyl (C=O) groups is 4. The number of nitrogens with one attached hydrogen (secondary N) is 3. The molecule has 10 nitrogen and oxygen atoms in total. The molecule has 1 fully saturated rings. The van der Waals surface area contributed by atoms with Crippen LogP contribution in [0.25, 0.3) is 0 Å². The number of rotatable bonds is 3. The van der Waals surface area contributed by atoms with E-state index in [4.69, 9.17) is 4.74 Å². The Hall–Kier alpha value is -3.60. The molecule has 3 aliphatic rings. The van der Waals surface area contributed by atoms with Crippen molar-refractivity contribution >= 4 is 40.9 Å². The monoisotopic (exact) mass is 469 g/mol. The zero-order chi connectivity index (χ0) is 23.2. The summed E-state index contributed by atoms with van der Waals surface area (Å²) in [5.74, 6) is 0.0512. The van der Waals surface area contributed by atoms with Crippen LogP contribution in [0.3, 0.4) is 0 Å². The quantitative estimate of drug-likeness (QED) is 0.590. The molecule has 0 radical (unpaired) electrons. The first kappa shape index (κ1) is 21.3. The minimum absolute atomic E-state index is 0.302. The Morgan fingerprint density at radius 2 is 2.12 bits per heavy atom. The molecule has 1 aromatic heterocycles. The maximum Gasteiger partial charge on any atom is 0.325 e. The molecule has 3 heterocycles. The number of fused-ring (bicyclic) bond motifs is 3. The lowest BCUT2D eigenvalue weighted by atomic mass is 9.91. The van der Waals surface area contributed by atoms with E-state index in [2.05, 4.69) is 16.0 Å². The van der Waals surface area contributed by atoms with Crippen LogP contribution in [0.5, 0.6) is 5.75 Å². The third-order valence-electron chi connectivity index (χ3n) is 6.30. The van der Waals surface area contributed by atoms with Gasteiger partial charge in [0.1, 0.15) is 24.4 Å². The molecule has 5 rings (SSSR count). The lowest BCUT2D eigenvalue weighted by Crippen LogP contribution is -2.45. The average Bonchev–Trinajstić information content (AvgIpc) is 3.41. The van der Waals surface area contributed by atoms with E-state index < -0.39 is 17.5 Å². The van der Waals surface area contributed by atoms with Gasteiger partial charge < -0.3 is 25.6 Å². The zero-order valence-electron chi connectivity index (χ0n) is 18.0. The Balaban J connectivity index is 1.33. The first-order valence-corrected chi connectivity index (χ1v) is 11.5. The lowest BCUT2D eigenvalue weighted by molar-refractivity contribution is -0.139. The topological polar surface area (TPSA) is 120 Å². The highest BCUT2D eigenvalue weighted by atomic mass is 32.1. The van der Waals surface area contributed by atoms with Crippen LogP contribution in [0.1, 0.15) is 22.4 Å². The van der Waals surface area contributed by atoms with Crippen molar-refractivity contribution in [2.75, 3.05) is 32.1 Å². The largest absolute Gasteiger partial charge is 0.491 e. The summed E-state index contributed by atoms with van der Waals surface area (Å²) in [6, 6.07) is 6.22. The van der Waals surface area contributed by atoms with Crippen LogP contribution in [-0.2, 0) is 28.1 Å². The number of aryl methyl sites for hydroxylation is 1. The molecule has 1 aromatic carbocycles. The number of amides is 6. The first-order valence-electron chi connectivity index (χ1n) is 10.6. The summed E-state index contributed by atoms with van der Waals surface area (Å²) in [6.45, 7) is 0.821. The molecular weight excluding hydrogens is 446 g/mol. The lowest BCUT2D eigenvalue weighted by Gasteiger charge is -2.24. The van der Waals surface area contributed by atoms with Gasteiger partial charge in [0.25, 0.3) is 5.91 Å². The fourth-order valence-corrected chi connectivity index (χ4v) is 5.44. The number of nitrogens with zero attached hydrogens (tertiary/aromatic N) is 2. The van der Waals surface area contributed by atoms with Crippen molar-refractivity contribution in [1.29, 1.82) is 0 Å². The molecule has 11 heteroatoms. The van der Waals surface area contributed by atoms with Crippen molar-refractivity contribution in [2.24, 2.45) is 0 Å². The smallest absolute Gasteiger partial charge is 0.325 e. The van der Waals surface area contributed by atoms with E-state index in [0.29, 0.717) is 43.8 Å². The molecule has 1 unspecified atom stereocenters. The van der Waals surface area contributed by atoms with Crippen LogP contribution in [-0.4, -0.2) is 60.4 Å². The number of urea groups is 2. The summed E-state index contributed by atoms with van der Waals surface area (Å²) in [4.78, 5) is 54.4. The number of benzene rings is 1. The molecule has 2 aliphatic heterocycles. The molecule has 0 saturated carbocycles. The molecule has 33 heavy (non-hydrogen) atoms. The van der Waals surface area contributed by atoms with Gasteiger partial charge in [-0.15, -0.1) is 11.3 Å². The number of anilines is 1. The third kappa shape index (κ3) is 3.58. The molecule has 1 atom stereocenters. The second-order valence-electron chi connectivity index (χ2n) is 8.17. The highest BCUT2D eigenvalue weighted by molar-refractivity contribution is 7.10. The third-order valence-corrected chi connectivity index (χ3v) is 7.19. The predicted molar refractivity (Wildman–Crippen MR) is 120 cm³/mol. The summed E-state index contributed by atoms with van der Waals surface area (Å²) in [5, 5.41) is 9.94. The van der Waals surface area contributed by atoms with Crippen LogP contribution in [0.4, 0.5) is 15.3 Å². The van der Waals surface area contributed by atoms with Crippen molar-refractivity contribution in [3.8, 4) is 5.75 Å². The summed E-state index contributed by atoms with van der Waals surface area (Å²) in [5.41, 5.74) is 0.997. The van der Waals surface area contributed by atoms with Crippen molar-refractivity contribution in [3.63, 3.8) is 0 Å². The van der Waals surface area contributed by atoms with Crippen LogP contribution >= 0.6 is 11.3 Å². The highest BCUT2D eigenvalue weighted by Crippen LogP contribution is 2.42. The van der Waals surface area contributed by atoms with Gasteiger partial charge in [-0.05, 0) is 47.5 Å². The molecule has 172 valence electrons. The molecule has 1 saturated heterocycles. The van der Waals surface area contributed by atoms with E-state index in [1.165, 1.54) is 18.4 Å². The van der Waals surface area contributed by atoms with Crippen molar-refractivity contribution in [3.05, 3.63) is 45.6 Å². The van der Waals surface area contributed by atoms with E-state index in [1.54, 1.807) is 17.0 Å². The van der Waals surface area contributed by atoms with Gasteiger partial charge in [0, 0.05) is 12.7 Å². The van der Waals surface area contributed by atoms with Crippen LogP contribution in [0.2, 0.25) is 0 Å². The van der Waals surface area contributed by atoms with Gasteiger partial charge in [-0.2, -0.15) is 0 Å². The summed E-state index contributed by atoms with van der Waals surface area (Å²) < 4.78 is 5.66. The molecule has 3 N–H and O–H groups in total. The minimum Gasteiger partial charge on any atom is -0.491 e. The fraction of sp³-hybridized carbons (Fsp3) is 0.364. The summed E-state index contributed by atoms with van der Waals surface area (Å²) in [7, 11) is 1.53. The maximum absolute atomic E-state index is 13.4. The summed E-state index contributed by atoms with van der Waals surface area (Å²) in [6.07, 6.45) is 0.966. The number of hydrogen-bond acceptors (Lipinski definition) is 6. The fourth-order valence-electron chi connectivity index (χ4n) is 4.61. The second kappa shape index (κ2) is 8.07. The first-order chi connectivity index (χ1) is 15.9. The molecule has 1 spiro atoms. The van der Waals surface area contributed by atoms with Gasteiger partial charge in [-0.1, -0.05) is 6.07 Å². The standard InChI is InChI=1S/C22H23N5O5S/c1-23-20(30)24-14-2-3-15-13(10-14)4-6-22(15)19(29)27(21(31)25-22)12-18(28)26-7-8-32-16-5-9-33-17(16)11-26/h2-3,5,9-10H,4,6-8,11-12H2,1H3,(H,25,31)(H2,23,24,30). The molecule has 1 aliphatic carbocycles.